The zero-order valence-corrected chi connectivity index (χ0v) is 20.4. The van der Waals surface area contributed by atoms with Crippen molar-refractivity contribution in [2.45, 2.75) is 31.2 Å². The number of non-ortho nitro benzene ring substituents is 1. The van der Waals surface area contributed by atoms with Gasteiger partial charge in [0.05, 0.1) is 39.5 Å². The van der Waals surface area contributed by atoms with Gasteiger partial charge in [-0.1, -0.05) is 11.3 Å². The van der Waals surface area contributed by atoms with E-state index in [9.17, 15) is 23.3 Å². The van der Waals surface area contributed by atoms with Crippen molar-refractivity contribution in [1.82, 2.24) is 4.57 Å². The minimum Gasteiger partial charge on any atom is -0.497 e. The van der Waals surface area contributed by atoms with Crippen molar-refractivity contribution >= 4 is 43.0 Å². The number of amides is 1. The molecule has 0 N–H and O–H groups in total. The van der Waals surface area contributed by atoms with Crippen LogP contribution in [0.5, 0.6) is 5.75 Å². The fraction of sp³-hybridized carbons (Fsp3) is 0.364. The molecule has 0 aliphatic rings. The van der Waals surface area contributed by atoms with Gasteiger partial charge in [0.15, 0.2) is 14.6 Å². The molecule has 0 aliphatic carbocycles. The lowest BCUT2D eigenvalue weighted by molar-refractivity contribution is -0.384. The van der Waals surface area contributed by atoms with Gasteiger partial charge in [0.25, 0.3) is 5.69 Å². The summed E-state index contributed by atoms with van der Waals surface area (Å²) in [7, 11) is -2.05. The van der Waals surface area contributed by atoms with Crippen LogP contribution in [0.2, 0.25) is 0 Å². The van der Waals surface area contributed by atoms with E-state index in [1.807, 2.05) is 6.92 Å². The Morgan fingerprint density at radius 2 is 1.94 bits per heavy atom. The van der Waals surface area contributed by atoms with Crippen LogP contribution in [0.4, 0.5) is 5.69 Å². The van der Waals surface area contributed by atoms with Crippen LogP contribution in [0, 0.1) is 10.1 Å². The fourth-order valence-corrected chi connectivity index (χ4v) is 5.61. The topological polar surface area (TPSA) is 130 Å². The number of aromatic nitrogens is 1. The molecule has 0 radical (unpaired) electrons. The zero-order chi connectivity index (χ0) is 24.7. The Hall–Kier alpha value is -3.09. The third-order valence-corrected chi connectivity index (χ3v) is 7.86. The summed E-state index contributed by atoms with van der Waals surface area (Å²) in [6, 6.07) is 10.6. The summed E-state index contributed by atoms with van der Waals surface area (Å²) in [5.41, 5.74) is 0.532. The van der Waals surface area contributed by atoms with E-state index >= 15 is 0 Å². The van der Waals surface area contributed by atoms with Crippen molar-refractivity contribution in [2.24, 2.45) is 4.99 Å². The van der Waals surface area contributed by atoms with Crippen LogP contribution in [-0.4, -0.2) is 49.9 Å². The first kappa shape index (κ1) is 25.5. The number of ether oxygens (including phenoxy) is 2. The number of sulfone groups is 1. The lowest BCUT2D eigenvalue weighted by Crippen LogP contribution is -2.20. The maximum absolute atomic E-state index is 12.5. The van der Waals surface area contributed by atoms with E-state index in [0.717, 1.165) is 4.70 Å². The van der Waals surface area contributed by atoms with Crippen molar-refractivity contribution < 1.29 is 27.6 Å². The lowest BCUT2D eigenvalue weighted by atomic mass is 10.3. The smallest absolute Gasteiger partial charge is 0.271 e. The number of benzene rings is 2. The van der Waals surface area contributed by atoms with E-state index < -0.39 is 20.7 Å². The molecule has 0 bridgehead atoms. The van der Waals surface area contributed by atoms with Crippen LogP contribution in [0.25, 0.3) is 10.2 Å². The Morgan fingerprint density at radius 3 is 2.59 bits per heavy atom. The molecule has 1 aromatic heterocycles. The van der Waals surface area contributed by atoms with Crippen molar-refractivity contribution in [1.29, 1.82) is 0 Å². The molecule has 3 rings (SSSR count). The van der Waals surface area contributed by atoms with E-state index in [1.165, 1.54) is 42.7 Å². The van der Waals surface area contributed by atoms with Gasteiger partial charge in [-0.15, -0.1) is 0 Å². The standard InChI is InChI=1S/C22H25N3O7S2/c1-3-32-13-12-24-19-15-16(25(27)28)6-11-20(19)33-22(24)23-21(26)5-4-14-34(29,30)18-9-7-17(31-2)8-10-18/h6-11,15H,3-5,12-14H2,1-2H3. The van der Waals surface area contributed by atoms with Gasteiger partial charge in [-0.3, -0.25) is 14.9 Å². The molecule has 0 fully saturated rings. The van der Waals surface area contributed by atoms with Gasteiger partial charge in [0, 0.05) is 31.7 Å². The lowest BCUT2D eigenvalue weighted by Gasteiger charge is -2.06. The highest BCUT2D eigenvalue weighted by Gasteiger charge is 2.16. The summed E-state index contributed by atoms with van der Waals surface area (Å²) in [5.74, 6) is -0.0980. The van der Waals surface area contributed by atoms with Crippen LogP contribution in [0.3, 0.4) is 0 Å². The Balaban J connectivity index is 1.77. The van der Waals surface area contributed by atoms with Gasteiger partial charge < -0.3 is 14.0 Å². The minimum atomic E-state index is -3.54. The second kappa shape index (κ2) is 11.4. The highest BCUT2D eigenvalue weighted by atomic mass is 32.2. The Labute approximate surface area is 200 Å². The van der Waals surface area contributed by atoms with Gasteiger partial charge >= 0.3 is 0 Å². The summed E-state index contributed by atoms with van der Waals surface area (Å²) in [5, 5.41) is 11.2. The fourth-order valence-electron chi connectivity index (χ4n) is 3.25. The zero-order valence-electron chi connectivity index (χ0n) is 18.8. The molecular formula is C22H25N3O7S2. The molecule has 0 saturated carbocycles. The molecule has 1 heterocycles. The number of carbonyl (C=O) groups is 1. The third kappa shape index (κ3) is 6.27. The molecular weight excluding hydrogens is 482 g/mol. The molecule has 1 amide bonds. The number of rotatable bonds is 11. The quantitative estimate of drug-likeness (QED) is 0.221. The maximum atomic E-state index is 12.5. The average Bonchev–Trinajstić information content (AvgIpc) is 3.15. The first-order valence-corrected chi connectivity index (χ1v) is 13.0. The largest absolute Gasteiger partial charge is 0.497 e. The number of methoxy groups -OCH3 is 1. The van der Waals surface area contributed by atoms with Crippen molar-refractivity contribution in [3.63, 3.8) is 0 Å². The molecule has 2 aromatic carbocycles. The predicted molar refractivity (Wildman–Crippen MR) is 128 cm³/mol. The predicted octanol–water partition coefficient (Wildman–Crippen LogP) is 3.34. The van der Waals surface area contributed by atoms with E-state index in [-0.39, 0.29) is 29.2 Å². The Bertz CT molecular complexity index is 1340. The SMILES string of the molecule is CCOCCn1c(=NC(=O)CCCS(=O)(=O)c2ccc(OC)cc2)sc2ccc([N+](=O)[O-])cc21. The second-order valence-corrected chi connectivity index (χ2v) is 10.4. The van der Waals surface area contributed by atoms with Crippen LogP contribution >= 0.6 is 11.3 Å². The van der Waals surface area contributed by atoms with Gasteiger partial charge in [0.2, 0.25) is 5.91 Å². The van der Waals surface area contributed by atoms with Crippen LogP contribution in [0.1, 0.15) is 19.8 Å². The second-order valence-electron chi connectivity index (χ2n) is 7.25. The van der Waals surface area contributed by atoms with Crippen LogP contribution < -0.4 is 9.54 Å². The van der Waals surface area contributed by atoms with E-state index in [2.05, 4.69) is 4.99 Å². The number of carbonyl (C=O) groups excluding carboxylic acids is 1. The molecule has 10 nitrogen and oxygen atoms in total. The molecule has 3 aromatic rings. The first-order chi connectivity index (χ1) is 16.2. The number of hydrogen-bond donors (Lipinski definition) is 0. The Morgan fingerprint density at radius 1 is 1.21 bits per heavy atom. The van der Waals surface area contributed by atoms with Crippen molar-refractivity contribution in [3.05, 3.63) is 57.4 Å². The first-order valence-electron chi connectivity index (χ1n) is 10.5. The van der Waals surface area contributed by atoms with Gasteiger partial charge in [-0.05, 0) is 43.7 Å². The molecule has 0 unspecified atom stereocenters. The number of nitro benzene ring substituents is 1. The molecule has 0 saturated heterocycles. The van der Waals surface area contributed by atoms with E-state index in [1.54, 1.807) is 22.8 Å². The molecule has 0 atom stereocenters. The van der Waals surface area contributed by atoms with Gasteiger partial charge in [0.1, 0.15) is 5.75 Å². The number of fused-ring (bicyclic) bond motifs is 1. The summed E-state index contributed by atoms with van der Waals surface area (Å²) in [6.07, 6.45) is 0.0707. The Kier molecular flexibility index (Phi) is 8.53. The van der Waals surface area contributed by atoms with Crippen molar-refractivity contribution in [3.8, 4) is 5.75 Å². The van der Waals surface area contributed by atoms with Gasteiger partial charge in [-0.2, -0.15) is 4.99 Å². The summed E-state index contributed by atoms with van der Waals surface area (Å²) < 4.78 is 37.9. The highest BCUT2D eigenvalue weighted by molar-refractivity contribution is 7.91. The maximum Gasteiger partial charge on any atom is 0.271 e. The average molecular weight is 508 g/mol. The highest BCUT2D eigenvalue weighted by Crippen LogP contribution is 2.23. The summed E-state index contributed by atoms with van der Waals surface area (Å²) in [6.45, 7) is 3.09. The summed E-state index contributed by atoms with van der Waals surface area (Å²) in [4.78, 5) is 28.0. The third-order valence-electron chi connectivity index (χ3n) is 4.98. The molecule has 182 valence electrons. The van der Waals surface area contributed by atoms with Crippen LogP contribution in [0.15, 0.2) is 52.4 Å². The normalized spacial score (nSPS) is 12.2. The monoisotopic (exact) mass is 507 g/mol. The van der Waals surface area contributed by atoms with Gasteiger partial charge in [-0.25, -0.2) is 8.42 Å². The van der Waals surface area contributed by atoms with Crippen LogP contribution in [-0.2, 0) is 25.9 Å². The molecule has 0 spiro atoms. The number of hydrogen-bond acceptors (Lipinski definition) is 8. The van der Waals surface area contributed by atoms with Crippen molar-refractivity contribution in [2.75, 3.05) is 26.1 Å². The minimum absolute atomic E-state index is 0.0464. The molecule has 12 heteroatoms. The number of nitrogens with zero attached hydrogens (tertiary/aromatic N) is 3. The molecule has 0 aliphatic heterocycles. The number of nitro groups is 1. The van der Waals surface area contributed by atoms with E-state index in [0.29, 0.717) is 35.8 Å². The summed E-state index contributed by atoms with van der Waals surface area (Å²) >= 11 is 1.24. The van der Waals surface area contributed by atoms with E-state index in [4.69, 9.17) is 9.47 Å². The number of thiazole rings is 1. The molecule has 34 heavy (non-hydrogen) atoms.